The summed E-state index contributed by atoms with van der Waals surface area (Å²) < 4.78 is 0. The van der Waals surface area contributed by atoms with Crippen LogP contribution in [0.5, 0.6) is 0 Å². The lowest BCUT2D eigenvalue weighted by atomic mass is 9.89. The summed E-state index contributed by atoms with van der Waals surface area (Å²) in [5, 5.41) is 18.9. The molecule has 5 atom stereocenters. The SMILES string of the molecule is CCCCCCCCC1CNCC1C(=O)N[C@H](C(=O)N[C@@H](CCN)C(=O)C(C)C)[C@H](C)O. The van der Waals surface area contributed by atoms with Gasteiger partial charge in [-0.3, -0.25) is 14.4 Å². The molecule has 8 heteroatoms. The second kappa shape index (κ2) is 15.3. The van der Waals surface area contributed by atoms with Crippen molar-refractivity contribution in [1.29, 1.82) is 0 Å². The Bertz CT molecular complexity index is 582. The highest BCUT2D eigenvalue weighted by Crippen LogP contribution is 2.24. The zero-order valence-corrected chi connectivity index (χ0v) is 20.5. The number of unbranched alkanes of at least 4 members (excludes halogenated alkanes) is 5. The number of nitrogens with one attached hydrogen (secondary N) is 3. The first-order valence-electron chi connectivity index (χ1n) is 12.5. The fourth-order valence-electron chi connectivity index (χ4n) is 4.31. The molecular formula is C24H46N4O4. The van der Waals surface area contributed by atoms with Gasteiger partial charge >= 0.3 is 0 Å². The first kappa shape index (κ1) is 28.5. The Morgan fingerprint density at radius 3 is 2.28 bits per heavy atom. The average Bonchev–Trinajstić information content (AvgIpc) is 3.21. The Morgan fingerprint density at radius 1 is 1.03 bits per heavy atom. The van der Waals surface area contributed by atoms with Crippen LogP contribution in [-0.4, -0.2) is 60.5 Å². The maximum absolute atomic E-state index is 13.0. The maximum Gasteiger partial charge on any atom is 0.245 e. The third-order valence-corrected chi connectivity index (χ3v) is 6.35. The van der Waals surface area contributed by atoms with E-state index in [2.05, 4.69) is 22.9 Å². The van der Waals surface area contributed by atoms with Crippen molar-refractivity contribution in [3.63, 3.8) is 0 Å². The molecule has 0 saturated carbocycles. The van der Waals surface area contributed by atoms with Gasteiger partial charge in [0, 0.05) is 12.5 Å². The number of hydrogen-bond acceptors (Lipinski definition) is 6. The van der Waals surface area contributed by atoms with Gasteiger partial charge in [-0.25, -0.2) is 0 Å². The molecule has 1 aliphatic heterocycles. The molecule has 0 aliphatic carbocycles. The highest BCUT2D eigenvalue weighted by molar-refractivity contribution is 5.94. The number of Topliss-reactive ketones (excluding diaryl/α,β-unsaturated/α-hetero) is 1. The summed E-state index contributed by atoms with van der Waals surface area (Å²) in [6.45, 7) is 8.82. The van der Waals surface area contributed by atoms with E-state index in [1.165, 1.54) is 39.0 Å². The molecule has 1 heterocycles. The van der Waals surface area contributed by atoms with Crippen LogP contribution in [0, 0.1) is 17.8 Å². The highest BCUT2D eigenvalue weighted by atomic mass is 16.3. The molecule has 0 aromatic heterocycles. The van der Waals surface area contributed by atoms with Crippen molar-refractivity contribution in [3.8, 4) is 0 Å². The van der Waals surface area contributed by atoms with Crippen LogP contribution in [0.15, 0.2) is 0 Å². The largest absolute Gasteiger partial charge is 0.391 e. The zero-order valence-electron chi connectivity index (χ0n) is 20.5. The first-order valence-corrected chi connectivity index (χ1v) is 12.5. The predicted octanol–water partition coefficient (Wildman–Crippen LogP) is 1.50. The van der Waals surface area contributed by atoms with Gasteiger partial charge in [0.05, 0.1) is 18.1 Å². The van der Waals surface area contributed by atoms with Gasteiger partial charge in [0.1, 0.15) is 6.04 Å². The Morgan fingerprint density at radius 2 is 1.69 bits per heavy atom. The topological polar surface area (TPSA) is 134 Å². The van der Waals surface area contributed by atoms with Crippen molar-refractivity contribution in [2.45, 2.75) is 97.2 Å². The van der Waals surface area contributed by atoms with Gasteiger partial charge in [-0.05, 0) is 38.8 Å². The fraction of sp³-hybridized carbons (Fsp3) is 0.875. The van der Waals surface area contributed by atoms with Gasteiger partial charge in [-0.1, -0.05) is 59.3 Å². The highest BCUT2D eigenvalue weighted by Gasteiger charge is 2.36. The van der Waals surface area contributed by atoms with E-state index >= 15 is 0 Å². The third-order valence-electron chi connectivity index (χ3n) is 6.35. The van der Waals surface area contributed by atoms with E-state index in [9.17, 15) is 19.5 Å². The molecule has 2 amide bonds. The van der Waals surface area contributed by atoms with E-state index in [1.54, 1.807) is 13.8 Å². The first-order chi connectivity index (χ1) is 15.2. The molecule has 0 spiro atoms. The number of ketones is 1. The summed E-state index contributed by atoms with van der Waals surface area (Å²) in [6, 6.07) is -1.84. The molecule has 1 rings (SSSR count). The van der Waals surface area contributed by atoms with E-state index in [0.717, 1.165) is 19.4 Å². The van der Waals surface area contributed by atoms with E-state index in [-0.39, 0.29) is 36.0 Å². The summed E-state index contributed by atoms with van der Waals surface area (Å²) in [5.41, 5.74) is 5.60. The Balaban J connectivity index is 2.66. The number of rotatable bonds is 16. The van der Waals surface area contributed by atoms with Crippen LogP contribution in [0.3, 0.4) is 0 Å². The van der Waals surface area contributed by atoms with Crippen LogP contribution in [0.2, 0.25) is 0 Å². The standard InChI is InChI=1S/C24H46N4O4/c1-5-6-7-8-9-10-11-18-14-26-15-19(18)23(31)28-21(17(4)29)24(32)27-20(12-13-25)22(30)16(2)3/h16-21,26,29H,5-15,25H2,1-4H3,(H,27,32)(H,28,31)/t17-,18?,19?,20-,21-/m0/s1. The smallest absolute Gasteiger partial charge is 0.245 e. The Kier molecular flexibility index (Phi) is 13.7. The van der Waals surface area contributed by atoms with Gasteiger partial charge in [0.15, 0.2) is 5.78 Å². The van der Waals surface area contributed by atoms with Gasteiger partial charge < -0.3 is 26.8 Å². The van der Waals surface area contributed by atoms with Crippen LogP contribution >= 0.6 is 0 Å². The van der Waals surface area contributed by atoms with Crippen molar-refractivity contribution in [1.82, 2.24) is 16.0 Å². The monoisotopic (exact) mass is 454 g/mol. The molecule has 2 unspecified atom stereocenters. The number of aliphatic hydroxyl groups is 1. The van der Waals surface area contributed by atoms with E-state index < -0.39 is 24.1 Å². The molecular weight excluding hydrogens is 408 g/mol. The molecule has 186 valence electrons. The Labute approximate surface area is 193 Å². The number of carbonyl (C=O) groups is 3. The molecule has 0 radical (unpaired) electrons. The molecule has 1 aliphatic rings. The number of carbonyl (C=O) groups excluding carboxylic acids is 3. The number of aliphatic hydroxyl groups excluding tert-OH is 1. The minimum atomic E-state index is -1.11. The Hall–Kier alpha value is -1.51. The third kappa shape index (κ3) is 9.55. The van der Waals surface area contributed by atoms with Crippen LogP contribution in [0.4, 0.5) is 0 Å². The van der Waals surface area contributed by atoms with Crippen molar-refractivity contribution in [2.24, 2.45) is 23.5 Å². The minimum Gasteiger partial charge on any atom is -0.391 e. The van der Waals surface area contributed by atoms with Crippen LogP contribution in [0.25, 0.3) is 0 Å². The molecule has 0 bridgehead atoms. The molecule has 1 saturated heterocycles. The summed E-state index contributed by atoms with van der Waals surface area (Å²) in [6.07, 6.45) is 7.47. The second-order valence-electron chi connectivity index (χ2n) is 9.50. The zero-order chi connectivity index (χ0) is 24.1. The molecule has 0 aromatic carbocycles. The predicted molar refractivity (Wildman–Crippen MR) is 127 cm³/mol. The summed E-state index contributed by atoms with van der Waals surface area (Å²) in [4.78, 5) is 38.2. The average molecular weight is 455 g/mol. The molecule has 32 heavy (non-hydrogen) atoms. The van der Waals surface area contributed by atoms with Gasteiger partial charge in [0.25, 0.3) is 0 Å². The molecule has 6 N–H and O–H groups in total. The lowest BCUT2D eigenvalue weighted by Crippen LogP contribution is -2.57. The van der Waals surface area contributed by atoms with Crippen molar-refractivity contribution >= 4 is 17.6 Å². The quantitative estimate of drug-likeness (QED) is 0.224. The summed E-state index contributed by atoms with van der Waals surface area (Å²) >= 11 is 0. The fourth-order valence-corrected chi connectivity index (χ4v) is 4.31. The summed E-state index contributed by atoms with van der Waals surface area (Å²) in [5.74, 6) is -1.14. The normalized spacial score (nSPS) is 21.2. The second-order valence-corrected chi connectivity index (χ2v) is 9.50. The van der Waals surface area contributed by atoms with E-state index in [0.29, 0.717) is 13.0 Å². The van der Waals surface area contributed by atoms with Crippen molar-refractivity contribution in [2.75, 3.05) is 19.6 Å². The molecule has 1 fully saturated rings. The number of nitrogens with two attached hydrogens (primary N) is 1. The maximum atomic E-state index is 13.0. The van der Waals surface area contributed by atoms with Crippen molar-refractivity contribution < 1.29 is 19.5 Å². The van der Waals surface area contributed by atoms with Crippen LogP contribution in [-0.2, 0) is 14.4 Å². The molecule has 8 nitrogen and oxygen atoms in total. The van der Waals surface area contributed by atoms with Crippen molar-refractivity contribution in [3.05, 3.63) is 0 Å². The van der Waals surface area contributed by atoms with Gasteiger partial charge in [0.2, 0.25) is 11.8 Å². The van der Waals surface area contributed by atoms with E-state index in [1.807, 2.05) is 0 Å². The minimum absolute atomic E-state index is 0.113. The lowest BCUT2D eigenvalue weighted by Gasteiger charge is -2.27. The van der Waals surface area contributed by atoms with E-state index in [4.69, 9.17) is 5.73 Å². The van der Waals surface area contributed by atoms with Crippen LogP contribution in [0.1, 0.15) is 79.1 Å². The number of hydrogen-bond donors (Lipinski definition) is 5. The number of amides is 2. The molecule has 0 aromatic rings. The van der Waals surface area contributed by atoms with Gasteiger partial charge in [-0.2, -0.15) is 0 Å². The lowest BCUT2D eigenvalue weighted by molar-refractivity contribution is -0.136. The van der Waals surface area contributed by atoms with Crippen LogP contribution < -0.4 is 21.7 Å². The van der Waals surface area contributed by atoms with Gasteiger partial charge in [-0.15, -0.1) is 0 Å². The summed E-state index contributed by atoms with van der Waals surface area (Å²) in [7, 11) is 0.